The fourth-order valence-corrected chi connectivity index (χ4v) is 2.79. The Morgan fingerprint density at radius 2 is 2.20 bits per heavy atom. The number of rotatable bonds is 2. The number of ether oxygens (including phenoxy) is 1. The summed E-state index contributed by atoms with van der Waals surface area (Å²) in [6, 6.07) is 0.173. The fourth-order valence-electron chi connectivity index (χ4n) is 2.44. The lowest BCUT2D eigenvalue weighted by molar-refractivity contribution is -0.127. The molecule has 86 valence electrons. The summed E-state index contributed by atoms with van der Waals surface area (Å²) in [6.07, 6.45) is 4.05. The van der Waals surface area contributed by atoms with Crippen molar-refractivity contribution >= 4 is 17.5 Å². The van der Waals surface area contributed by atoms with Crippen molar-refractivity contribution in [2.45, 2.75) is 50.1 Å². The van der Waals surface area contributed by atoms with Crippen molar-refractivity contribution in [3.63, 3.8) is 0 Å². The first kappa shape index (κ1) is 11.2. The van der Waals surface area contributed by atoms with Crippen LogP contribution < -0.4 is 5.32 Å². The smallest absolute Gasteiger partial charge is 0.226 e. The van der Waals surface area contributed by atoms with Gasteiger partial charge in [0, 0.05) is 12.6 Å². The summed E-state index contributed by atoms with van der Waals surface area (Å²) < 4.78 is 5.38. The first-order valence-electron chi connectivity index (χ1n) is 5.74. The van der Waals surface area contributed by atoms with Gasteiger partial charge in [0.1, 0.15) is 0 Å². The molecule has 2 fully saturated rings. The van der Waals surface area contributed by atoms with E-state index < -0.39 is 0 Å². The van der Waals surface area contributed by atoms with Crippen LogP contribution in [0.3, 0.4) is 0 Å². The van der Waals surface area contributed by atoms with Gasteiger partial charge < -0.3 is 10.1 Å². The molecular weight excluding hydrogens is 214 g/mol. The monoisotopic (exact) mass is 231 g/mol. The average Bonchev–Trinajstić information content (AvgIpc) is 2.76. The highest BCUT2D eigenvalue weighted by Gasteiger charge is 2.34. The molecule has 1 aliphatic carbocycles. The van der Waals surface area contributed by atoms with Gasteiger partial charge in [0.15, 0.2) is 0 Å². The molecule has 0 aromatic heterocycles. The summed E-state index contributed by atoms with van der Waals surface area (Å²) in [6.45, 7) is 2.66. The Bertz CT molecular complexity index is 247. The third-order valence-electron chi connectivity index (χ3n) is 3.47. The van der Waals surface area contributed by atoms with E-state index in [2.05, 4.69) is 5.32 Å². The van der Waals surface area contributed by atoms with Gasteiger partial charge in [-0.1, -0.05) is 0 Å². The molecule has 2 aliphatic rings. The van der Waals surface area contributed by atoms with Gasteiger partial charge in [-0.2, -0.15) is 0 Å². The van der Waals surface area contributed by atoms with Crippen LogP contribution in [0, 0.1) is 5.92 Å². The molecule has 0 aromatic rings. The first-order chi connectivity index (χ1) is 7.18. The molecule has 4 unspecified atom stereocenters. The summed E-state index contributed by atoms with van der Waals surface area (Å²) in [4.78, 5) is 11.9. The molecule has 0 bridgehead atoms. The molecule has 1 saturated heterocycles. The molecule has 0 spiro atoms. The van der Waals surface area contributed by atoms with Gasteiger partial charge >= 0.3 is 0 Å². The van der Waals surface area contributed by atoms with Crippen LogP contribution in [-0.4, -0.2) is 30.0 Å². The summed E-state index contributed by atoms with van der Waals surface area (Å²) in [7, 11) is 0. The minimum absolute atomic E-state index is 0.0227. The molecule has 15 heavy (non-hydrogen) atoms. The highest BCUT2D eigenvalue weighted by atomic mass is 35.5. The van der Waals surface area contributed by atoms with E-state index in [9.17, 15) is 4.79 Å². The molecule has 1 N–H and O–H groups in total. The topological polar surface area (TPSA) is 38.3 Å². The molecule has 2 rings (SSSR count). The second-order valence-electron chi connectivity index (χ2n) is 4.53. The Kier molecular flexibility index (Phi) is 3.52. The van der Waals surface area contributed by atoms with E-state index in [1.54, 1.807) is 0 Å². The van der Waals surface area contributed by atoms with E-state index >= 15 is 0 Å². The molecule has 1 heterocycles. The van der Waals surface area contributed by atoms with E-state index in [0.29, 0.717) is 6.61 Å². The minimum Gasteiger partial charge on any atom is -0.378 e. The maximum atomic E-state index is 11.9. The molecule has 1 saturated carbocycles. The lowest BCUT2D eigenvalue weighted by Crippen LogP contribution is -2.42. The van der Waals surface area contributed by atoms with E-state index in [0.717, 1.165) is 25.7 Å². The van der Waals surface area contributed by atoms with Gasteiger partial charge in [-0.3, -0.25) is 4.79 Å². The van der Waals surface area contributed by atoms with Gasteiger partial charge in [0.25, 0.3) is 0 Å². The predicted octanol–water partition coefficient (Wildman–Crippen LogP) is 1.69. The molecule has 1 amide bonds. The largest absolute Gasteiger partial charge is 0.378 e. The van der Waals surface area contributed by atoms with Crippen LogP contribution in [0.5, 0.6) is 0 Å². The number of carbonyl (C=O) groups excluding carboxylic acids is 1. The van der Waals surface area contributed by atoms with Crippen LogP contribution in [0.4, 0.5) is 0 Å². The summed E-state index contributed by atoms with van der Waals surface area (Å²) >= 11 is 6.12. The van der Waals surface area contributed by atoms with Crippen molar-refractivity contribution in [2.75, 3.05) is 6.61 Å². The van der Waals surface area contributed by atoms with Crippen molar-refractivity contribution in [3.8, 4) is 0 Å². The van der Waals surface area contributed by atoms with Crippen LogP contribution >= 0.6 is 11.6 Å². The molecule has 1 aliphatic heterocycles. The summed E-state index contributed by atoms with van der Waals surface area (Å²) in [5.41, 5.74) is 0. The zero-order chi connectivity index (χ0) is 10.8. The second-order valence-corrected chi connectivity index (χ2v) is 5.09. The summed E-state index contributed by atoms with van der Waals surface area (Å²) in [5.74, 6) is 0.145. The number of alkyl halides is 1. The van der Waals surface area contributed by atoms with Crippen molar-refractivity contribution in [3.05, 3.63) is 0 Å². The third-order valence-corrected chi connectivity index (χ3v) is 3.99. The van der Waals surface area contributed by atoms with Gasteiger partial charge in [0.2, 0.25) is 5.91 Å². The van der Waals surface area contributed by atoms with Crippen LogP contribution in [0.15, 0.2) is 0 Å². The van der Waals surface area contributed by atoms with Crippen molar-refractivity contribution in [2.24, 2.45) is 5.92 Å². The highest BCUT2D eigenvalue weighted by Crippen LogP contribution is 2.26. The zero-order valence-electron chi connectivity index (χ0n) is 9.04. The Hall–Kier alpha value is -0.280. The Morgan fingerprint density at radius 1 is 1.40 bits per heavy atom. The van der Waals surface area contributed by atoms with Crippen molar-refractivity contribution in [1.82, 2.24) is 5.32 Å². The van der Waals surface area contributed by atoms with Crippen LogP contribution in [0.25, 0.3) is 0 Å². The highest BCUT2D eigenvalue weighted by molar-refractivity contribution is 6.21. The number of amides is 1. The fraction of sp³-hybridized carbons (Fsp3) is 0.909. The van der Waals surface area contributed by atoms with Gasteiger partial charge in [-0.25, -0.2) is 0 Å². The molecule has 4 heteroatoms. The number of hydrogen-bond donors (Lipinski definition) is 1. The predicted molar refractivity (Wildman–Crippen MR) is 58.9 cm³/mol. The molecule has 0 aromatic carbocycles. The van der Waals surface area contributed by atoms with Gasteiger partial charge in [-0.15, -0.1) is 11.6 Å². The number of carbonyl (C=O) groups is 1. The Morgan fingerprint density at radius 3 is 2.73 bits per heavy atom. The Labute approximate surface area is 95.5 Å². The normalized spacial score (nSPS) is 40.7. The Balaban J connectivity index is 1.86. The van der Waals surface area contributed by atoms with Crippen molar-refractivity contribution in [1.29, 1.82) is 0 Å². The average molecular weight is 232 g/mol. The van der Waals surface area contributed by atoms with E-state index in [-0.39, 0.29) is 29.3 Å². The molecular formula is C11H18ClNO2. The van der Waals surface area contributed by atoms with E-state index in [1.807, 2.05) is 6.92 Å². The first-order valence-corrected chi connectivity index (χ1v) is 6.18. The number of nitrogens with one attached hydrogen (secondary N) is 1. The van der Waals surface area contributed by atoms with E-state index in [4.69, 9.17) is 16.3 Å². The maximum Gasteiger partial charge on any atom is 0.226 e. The van der Waals surface area contributed by atoms with Crippen LogP contribution in [-0.2, 0) is 9.53 Å². The van der Waals surface area contributed by atoms with Crippen LogP contribution in [0.1, 0.15) is 32.6 Å². The lowest BCUT2D eigenvalue weighted by Gasteiger charge is -2.20. The van der Waals surface area contributed by atoms with Crippen LogP contribution in [0.2, 0.25) is 0 Å². The summed E-state index contributed by atoms with van der Waals surface area (Å²) in [5, 5.41) is 3.17. The maximum absolute atomic E-state index is 11.9. The quantitative estimate of drug-likeness (QED) is 0.735. The van der Waals surface area contributed by atoms with Gasteiger partial charge in [0.05, 0.1) is 17.4 Å². The number of hydrogen-bond acceptors (Lipinski definition) is 2. The molecule has 3 nitrogen and oxygen atoms in total. The van der Waals surface area contributed by atoms with E-state index in [1.165, 1.54) is 0 Å². The standard InChI is InChI=1S/C11H18ClNO2/c1-7-8(5-6-15-7)11(14)13-10-4-2-3-9(10)12/h7-10H,2-6H2,1H3,(H,13,14). The third kappa shape index (κ3) is 2.45. The lowest BCUT2D eigenvalue weighted by atomic mass is 10.0. The van der Waals surface area contributed by atoms with Crippen molar-refractivity contribution < 1.29 is 9.53 Å². The molecule has 0 radical (unpaired) electrons. The minimum atomic E-state index is 0.0227. The number of halogens is 1. The van der Waals surface area contributed by atoms with Gasteiger partial charge in [-0.05, 0) is 32.6 Å². The SMILES string of the molecule is CC1OCCC1C(=O)NC1CCCC1Cl. The molecule has 4 atom stereocenters. The zero-order valence-corrected chi connectivity index (χ0v) is 9.80. The second kappa shape index (κ2) is 4.71.